The number of fused-ring (bicyclic) bond motifs is 3. The van der Waals surface area contributed by atoms with Gasteiger partial charge < -0.3 is 16.2 Å². The summed E-state index contributed by atoms with van der Waals surface area (Å²) in [6.45, 7) is 0. The number of pyridine rings is 1. The van der Waals surface area contributed by atoms with E-state index in [9.17, 15) is 9.90 Å². The summed E-state index contributed by atoms with van der Waals surface area (Å²) in [6, 6.07) is 12.6. The third-order valence-electron chi connectivity index (χ3n) is 8.40. The van der Waals surface area contributed by atoms with Crippen molar-refractivity contribution in [3.63, 3.8) is 0 Å². The number of aliphatic hydroxyl groups is 1. The molecular formula is C33H36N8O2. The van der Waals surface area contributed by atoms with Crippen LogP contribution in [0, 0.1) is 11.3 Å². The first-order valence-corrected chi connectivity index (χ1v) is 15.1. The first kappa shape index (κ1) is 28.5. The number of rotatable bonds is 3. The molecule has 3 aromatic heterocycles. The molecule has 1 fully saturated rings. The molecule has 1 aliphatic heterocycles. The fourth-order valence-corrected chi connectivity index (χ4v) is 6.23. The average molecular weight is 577 g/mol. The first-order valence-electron chi connectivity index (χ1n) is 15.1. The van der Waals surface area contributed by atoms with Crippen LogP contribution in [-0.2, 0) is 0 Å². The van der Waals surface area contributed by atoms with Crippen LogP contribution in [0.1, 0.15) is 91.1 Å². The number of aliphatic hydroxyl groups excluding tert-OH is 1. The summed E-state index contributed by atoms with van der Waals surface area (Å²) >= 11 is 0. The number of nitrogens with zero attached hydrogens (tertiary/aromatic N) is 5. The Morgan fingerprint density at radius 2 is 1.95 bits per heavy atom. The maximum Gasteiger partial charge on any atom is 0.256 e. The molecule has 2 aliphatic rings. The fraction of sp³-hybridized carbons (Fsp3) is 0.364. The predicted octanol–water partition coefficient (Wildman–Crippen LogP) is 5.41. The smallest absolute Gasteiger partial charge is 0.256 e. The van der Waals surface area contributed by atoms with E-state index < -0.39 is 6.23 Å². The van der Waals surface area contributed by atoms with Gasteiger partial charge in [0.05, 0.1) is 23.5 Å². The molecule has 0 saturated heterocycles. The van der Waals surface area contributed by atoms with Crippen molar-refractivity contribution in [2.75, 3.05) is 11.1 Å². The predicted molar refractivity (Wildman–Crippen MR) is 166 cm³/mol. The number of anilines is 2. The van der Waals surface area contributed by atoms with Gasteiger partial charge in [-0.05, 0) is 75.3 Å². The number of carbonyl (C=O) groups excluding carboxylic acids is 1. The van der Waals surface area contributed by atoms with Crippen molar-refractivity contribution < 1.29 is 9.90 Å². The van der Waals surface area contributed by atoms with Crippen LogP contribution >= 0.6 is 0 Å². The van der Waals surface area contributed by atoms with E-state index >= 15 is 0 Å². The average Bonchev–Trinajstić information content (AvgIpc) is 3.43. The number of nitrogens with two attached hydrogens (primary N) is 1. The second-order valence-electron chi connectivity index (χ2n) is 11.4. The molecule has 2 bridgehead atoms. The van der Waals surface area contributed by atoms with E-state index in [1.165, 1.54) is 12.3 Å². The minimum Gasteiger partial charge on any atom is -0.382 e. The van der Waals surface area contributed by atoms with Crippen molar-refractivity contribution in [3.05, 3.63) is 77.5 Å². The highest BCUT2D eigenvalue weighted by molar-refractivity contribution is 6.04. The Balaban J connectivity index is 1.37. The Morgan fingerprint density at radius 3 is 2.79 bits per heavy atom. The zero-order valence-electron chi connectivity index (χ0n) is 24.0. The molecule has 220 valence electrons. The van der Waals surface area contributed by atoms with Crippen LogP contribution < -0.4 is 16.4 Å². The molecule has 5 N–H and O–H groups in total. The normalized spacial score (nSPS) is 21.7. The molecule has 1 saturated carbocycles. The van der Waals surface area contributed by atoms with E-state index in [4.69, 9.17) is 16.0 Å². The zero-order valence-corrected chi connectivity index (χ0v) is 24.0. The number of aromatic nitrogens is 4. The topological polar surface area (TPSA) is 154 Å². The Hall–Kier alpha value is -4.59. The highest BCUT2D eigenvalue weighted by Crippen LogP contribution is 2.38. The van der Waals surface area contributed by atoms with E-state index in [0.29, 0.717) is 22.8 Å². The summed E-state index contributed by atoms with van der Waals surface area (Å²) in [5, 5.41) is 26.0. The lowest BCUT2D eigenvalue weighted by Gasteiger charge is -2.31. The fourth-order valence-electron chi connectivity index (χ4n) is 6.23. The molecule has 10 heteroatoms. The molecule has 6 rings (SSSR count). The quantitative estimate of drug-likeness (QED) is 0.252. The summed E-state index contributed by atoms with van der Waals surface area (Å²) in [7, 11) is 0. The van der Waals surface area contributed by atoms with E-state index in [2.05, 4.69) is 43.2 Å². The van der Waals surface area contributed by atoms with Crippen molar-refractivity contribution in [2.45, 2.75) is 76.0 Å². The molecule has 4 heterocycles. The summed E-state index contributed by atoms with van der Waals surface area (Å²) in [4.78, 5) is 26.8. The van der Waals surface area contributed by atoms with E-state index in [1.807, 2.05) is 18.3 Å². The van der Waals surface area contributed by atoms with Gasteiger partial charge in [-0.1, -0.05) is 31.1 Å². The summed E-state index contributed by atoms with van der Waals surface area (Å²) in [5.41, 5.74) is 10.7. The van der Waals surface area contributed by atoms with Gasteiger partial charge in [-0.25, -0.2) is 15.0 Å². The molecule has 0 radical (unpaired) electrons. The van der Waals surface area contributed by atoms with Crippen molar-refractivity contribution in [3.8, 4) is 17.3 Å². The largest absolute Gasteiger partial charge is 0.382 e. The number of nitriles is 1. The maximum absolute atomic E-state index is 12.9. The van der Waals surface area contributed by atoms with Gasteiger partial charge in [-0.2, -0.15) is 5.26 Å². The first-order chi connectivity index (χ1) is 21.0. The van der Waals surface area contributed by atoms with Gasteiger partial charge in [0.15, 0.2) is 0 Å². The molecule has 0 spiro atoms. The number of allylic oxidation sites excluding steroid dienone is 1. The number of benzene rings is 1. The molecular weight excluding hydrogens is 540 g/mol. The van der Waals surface area contributed by atoms with Crippen molar-refractivity contribution >= 4 is 29.1 Å². The minimum absolute atomic E-state index is 0.181. The maximum atomic E-state index is 12.9. The van der Waals surface area contributed by atoms with Crippen molar-refractivity contribution in [1.29, 1.82) is 5.26 Å². The second kappa shape index (κ2) is 12.7. The Bertz CT molecular complexity index is 1690. The monoisotopic (exact) mass is 576 g/mol. The van der Waals surface area contributed by atoms with Crippen LogP contribution in [0.25, 0.3) is 22.9 Å². The number of imidazole rings is 1. The van der Waals surface area contributed by atoms with Crippen molar-refractivity contribution in [1.82, 2.24) is 24.7 Å². The molecule has 1 aliphatic carbocycles. The Labute approximate surface area is 250 Å². The third kappa shape index (κ3) is 6.28. The van der Waals surface area contributed by atoms with Crippen LogP contribution in [-0.4, -0.2) is 42.6 Å². The van der Waals surface area contributed by atoms with E-state index in [-0.39, 0.29) is 17.9 Å². The van der Waals surface area contributed by atoms with Crippen LogP contribution in [0.3, 0.4) is 0 Å². The molecule has 3 atom stereocenters. The van der Waals surface area contributed by atoms with Gasteiger partial charge in [-0.3, -0.25) is 14.5 Å². The Morgan fingerprint density at radius 1 is 1.09 bits per heavy atom. The van der Waals surface area contributed by atoms with Crippen LogP contribution in [0.15, 0.2) is 54.9 Å². The SMILES string of the molecule is N#Cc1ccnc(NC(=O)c2ccc(-c3nc4n5c(cnc(N)c35)/C=C/CCCCCC(O)N[C@@H]3CCC[C@@H]4C3)cc2)c1. The van der Waals surface area contributed by atoms with Gasteiger partial charge >= 0.3 is 0 Å². The van der Waals surface area contributed by atoms with Gasteiger partial charge in [0.1, 0.15) is 34.9 Å². The molecule has 1 aromatic carbocycles. The van der Waals surface area contributed by atoms with E-state index in [0.717, 1.165) is 86.1 Å². The molecule has 1 amide bonds. The van der Waals surface area contributed by atoms with Gasteiger partial charge in [0.25, 0.3) is 5.91 Å². The third-order valence-corrected chi connectivity index (χ3v) is 8.40. The Kier molecular flexibility index (Phi) is 8.45. The second-order valence-corrected chi connectivity index (χ2v) is 11.4. The summed E-state index contributed by atoms with van der Waals surface area (Å²) < 4.78 is 2.16. The lowest BCUT2D eigenvalue weighted by molar-refractivity contribution is 0.0991. The number of carbonyl (C=O) groups is 1. The standard InChI is InChI=1S/C33H36N8O2/c34-19-21-15-16-36-27(17-21)39-33(43)23-13-11-22(12-14-23)29-30-31(35)37-20-26-9-4-2-1-3-5-10-28(42)38-25-8-6-7-24(18-25)32(40-29)41(26)30/h4,9,11-17,20,24-25,28,38,42H,1-3,5-8,10,18H2,(H2,35,37)(H,36,39,43)/b9-4+/t24-,25-,28?/m1/s1. The van der Waals surface area contributed by atoms with Gasteiger partial charge in [-0.15, -0.1) is 0 Å². The number of hydrogen-bond donors (Lipinski definition) is 4. The van der Waals surface area contributed by atoms with Crippen molar-refractivity contribution in [2.24, 2.45) is 0 Å². The zero-order chi connectivity index (χ0) is 29.8. The molecule has 43 heavy (non-hydrogen) atoms. The highest BCUT2D eigenvalue weighted by atomic mass is 16.3. The number of nitrogen functional groups attached to an aromatic ring is 1. The van der Waals surface area contributed by atoms with Crippen LogP contribution in [0.2, 0.25) is 0 Å². The molecule has 10 nitrogen and oxygen atoms in total. The van der Waals surface area contributed by atoms with Crippen LogP contribution in [0.4, 0.5) is 11.6 Å². The minimum atomic E-state index is -0.491. The number of amides is 1. The number of hydrogen-bond acceptors (Lipinski definition) is 8. The summed E-state index contributed by atoms with van der Waals surface area (Å²) in [5.74, 6) is 1.51. The van der Waals surface area contributed by atoms with Crippen LogP contribution in [0.5, 0.6) is 0 Å². The van der Waals surface area contributed by atoms with Gasteiger partial charge in [0, 0.05) is 29.3 Å². The highest BCUT2D eigenvalue weighted by Gasteiger charge is 2.30. The van der Waals surface area contributed by atoms with Gasteiger partial charge in [0.2, 0.25) is 0 Å². The summed E-state index contributed by atoms with van der Waals surface area (Å²) in [6.07, 6.45) is 15.9. The lowest BCUT2D eigenvalue weighted by atomic mass is 9.85. The lowest BCUT2D eigenvalue weighted by Crippen LogP contribution is -2.41. The molecule has 4 aromatic rings. The van der Waals surface area contributed by atoms with E-state index in [1.54, 1.807) is 18.2 Å². The number of nitrogens with one attached hydrogen (secondary N) is 2. The molecule has 1 unspecified atom stereocenters.